The van der Waals surface area contributed by atoms with E-state index < -0.39 is 0 Å². The number of carbonyl (C=O) groups is 1. The van der Waals surface area contributed by atoms with E-state index in [-0.39, 0.29) is 23.0 Å². The Balaban J connectivity index is 1.82. The lowest BCUT2D eigenvalue weighted by Crippen LogP contribution is -2.25. The maximum atomic E-state index is 12.3. The molecule has 152 valence electrons. The van der Waals surface area contributed by atoms with E-state index in [4.69, 9.17) is 0 Å². The Morgan fingerprint density at radius 3 is 2.62 bits per heavy atom. The molecule has 0 bridgehead atoms. The number of benzene rings is 1. The molecular formula is C20H25N7O2. The van der Waals surface area contributed by atoms with Gasteiger partial charge in [-0.3, -0.25) is 14.6 Å². The van der Waals surface area contributed by atoms with Gasteiger partial charge in [0.2, 0.25) is 5.95 Å². The predicted octanol–water partition coefficient (Wildman–Crippen LogP) is 2.09. The van der Waals surface area contributed by atoms with Gasteiger partial charge in [0.25, 0.3) is 11.5 Å². The number of amides is 1. The van der Waals surface area contributed by atoms with Crippen LogP contribution < -0.4 is 21.1 Å². The van der Waals surface area contributed by atoms with Crippen molar-refractivity contribution in [2.24, 2.45) is 0 Å². The summed E-state index contributed by atoms with van der Waals surface area (Å²) in [6.45, 7) is 4.64. The molecule has 0 aliphatic rings. The van der Waals surface area contributed by atoms with E-state index in [2.05, 4.69) is 30.6 Å². The van der Waals surface area contributed by atoms with Gasteiger partial charge in [-0.1, -0.05) is 6.92 Å². The minimum Gasteiger partial charge on any atom is -0.366 e. The Labute approximate surface area is 168 Å². The minimum absolute atomic E-state index is 0.0813. The van der Waals surface area contributed by atoms with Crippen LogP contribution in [0.5, 0.6) is 0 Å². The first-order chi connectivity index (χ1) is 13.9. The van der Waals surface area contributed by atoms with E-state index in [0.717, 1.165) is 12.1 Å². The number of H-pyrrole nitrogens is 1. The van der Waals surface area contributed by atoms with Gasteiger partial charge in [-0.2, -0.15) is 4.98 Å². The highest BCUT2D eigenvalue weighted by Gasteiger charge is 2.17. The largest absolute Gasteiger partial charge is 0.366 e. The first kappa shape index (κ1) is 20.2. The van der Waals surface area contributed by atoms with Crippen LogP contribution in [0.15, 0.2) is 35.3 Å². The van der Waals surface area contributed by atoms with Crippen molar-refractivity contribution in [1.82, 2.24) is 25.3 Å². The molecule has 0 fully saturated rings. The lowest BCUT2D eigenvalue weighted by molar-refractivity contribution is 0.0953. The molecule has 1 aromatic carbocycles. The Bertz CT molecular complexity index is 1060. The number of aromatic amines is 1. The summed E-state index contributed by atoms with van der Waals surface area (Å²) in [6.07, 6.45) is 2.52. The molecule has 1 atom stereocenters. The second kappa shape index (κ2) is 8.68. The molecule has 1 amide bonds. The van der Waals surface area contributed by atoms with Gasteiger partial charge in [0.1, 0.15) is 0 Å². The van der Waals surface area contributed by atoms with Crippen molar-refractivity contribution in [1.29, 1.82) is 0 Å². The normalized spacial score (nSPS) is 11.9. The standard InChI is InChI=1S/C20H25N7O2/c1-5-10-22-18(28)13-6-8-14(9-7-13)27(4)12(2)15-11-23-17-16(24-15)19(29)26-20(21-3)25-17/h6-9,11-12H,5,10H2,1-4H3,(H,22,28)(H2,21,23,25,26,29). The summed E-state index contributed by atoms with van der Waals surface area (Å²) in [6, 6.07) is 7.22. The van der Waals surface area contributed by atoms with Crippen molar-refractivity contribution in [3.05, 3.63) is 52.1 Å². The monoisotopic (exact) mass is 395 g/mol. The summed E-state index contributed by atoms with van der Waals surface area (Å²) in [7, 11) is 3.59. The van der Waals surface area contributed by atoms with Crippen LogP contribution >= 0.6 is 0 Å². The highest BCUT2D eigenvalue weighted by molar-refractivity contribution is 5.94. The van der Waals surface area contributed by atoms with Crippen LogP contribution in [-0.4, -0.2) is 46.5 Å². The average molecular weight is 395 g/mol. The lowest BCUT2D eigenvalue weighted by Gasteiger charge is -2.26. The van der Waals surface area contributed by atoms with E-state index in [1.54, 1.807) is 25.4 Å². The number of nitrogens with zero attached hydrogens (tertiary/aromatic N) is 4. The van der Waals surface area contributed by atoms with E-state index >= 15 is 0 Å². The fourth-order valence-corrected chi connectivity index (χ4v) is 2.86. The lowest BCUT2D eigenvalue weighted by atomic mass is 10.1. The van der Waals surface area contributed by atoms with E-state index in [1.807, 2.05) is 37.9 Å². The van der Waals surface area contributed by atoms with Gasteiger partial charge >= 0.3 is 0 Å². The van der Waals surface area contributed by atoms with Gasteiger partial charge in [0.15, 0.2) is 11.2 Å². The van der Waals surface area contributed by atoms with E-state index in [9.17, 15) is 9.59 Å². The van der Waals surface area contributed by atoms with Crippen molar-refractivity contribution in [2.45, 2.75) is 26.3 Å². The molecule has 0 saturated carbocycles. The summed E-state index contributed by atoms with van der Waals surface area (Å²) in [4.78, 5) is 41.9. The minimum atomic E-state index is -0.342. The SMILES string of the molecule is CCCNC(=O)c1ccc(N(C)C(C)c2cnc3nc(NC)[nH]c(=O)c3n2)cc1. The molecule has 1 unspecified atom stereocenters. The van der Waals surface area contributed by atoms with Crippen molar-refractivity contribution in [3.8, 4) is 0 Å². The molecule has 3 N–H and O–H groups in total. The molecular weight excluding hydrogens is 370 g/mol. The topological polar surface area (TPSA) is 116 Å². The maximum absolute atomic E-state index is 12.3. The molecule has 9 nitrogen and oxygen atoms in total. The summed E-state index contributed by atoms with van der Waals surface area (Å²) in [5.41, 5.74) is 2.33. The summed E-state index contributed by atoms with van der Waals surface area (Å²) in [5.74, 6) is 0.264. The molecule has 2 aromatic heterocycles. The molecule has 0 saturated heterocycles. The van der Waals surface area contributed by atoms with Crippen LogP contribution in [-0.2, 0) is 0 Å². The van der Waals surface area contributed by atoms with Gasteiger partial charge in [0, 0.05) is 31.9 Å². The predicted molar refractivity (Wildman–Crippen MR) is 113 cm³/mol. The molecule has 0 spiro atoms. The van der Waals surface area contributed by atoms with Crippen LogP contribution in [0.25, 0.3) is 11.2 Å². The quantitative estimate of drug-likeness (QED) is 0.561. The molecule has 0 aliphatic carbocycles. The zero-order valence-electron chi connectivity index (χ0n) is 17.0. The third-order valence-electron chi connectivity index (χ3n) is 4.75. The molecule has 9 heteroatoms. The van der Waals surface area contributed by atoms with Crippen molar-refractivity contribution in [3.63, 3.8) is 0 Å². The van der Waals surface area contributed by atoms with E-state index in [0.29, 0.717) is 29.4 Å². The van der Waals surface area contributed by atoms with Crippen LogP contribution in [0.1, 0.15) is 42.4 Å². The average Bonchev–Trinajstić information content (AvgIpc) is 2.76. The van der Waals surface area contributed by atoms with Crippen molar-refractivity contribution in [2.75, 3.05) is 30.9 Å². The number of hydrogen-bond acceptors (Lipinski definition) is 7. The molecule has 0 aliphatic heterocycles. The first-order valence-corrected chi connectivity index (χ1v) is 9.50. The number of anilines is 2. The van der Waals surface area contributed by atoms with Crippen LogP contribution in [0, 0.1) is 0 Å². The van der Waals surface area contributed by atoms with Gasteiger partial charge in [-0.05, 0) is 37.6 Å². The van der Waals surface area contributed by atoms with Gasteiger partial charge in [-0.25, -0.2) is 9.97 Å². The van der Waals surface area contributed by atoms with Gasteiger partial charge < -0.3 is 15.5 Å². The van der Waals surface area contributed by atoms with Crippen LogP contribution in [0.3, 0.4) is 0 Å². The van der Waals surface area contributed by atoms with Gasteiger partial charge in [-0.15, -0.1) is 0 Å². The number of rotatable bonds is 7. The zero-order chi connectivity index (χ0) is 21.0. The third-order valence-corrected chi connectivity index (χ3v) is 4.75. The second-order valence-electron chi connectivity index (χ2n) is 6.72. The van der Waals surface area contributed by atoms with Crippen molar-refractivity contribution < 1.29 is 4.79 Å². The summed E-state index contributed by atoms with van der Waals surface area (Å²) in [5, 5.41) is 5.65. The smallest absolute Gasteiger partial charge is 0.280 e. The van der Waals surface area contributed by atoms with Crippen LogP contribution in [0.4, 0.5) is 11.6 Å². The zero-order valence-corrected chi connectivity index (χ0v) is 17.0. The highest BCUT2D eigenvalue weighted by atomic mass is 16.1. The molecule has 0 radical (unpaired) electrons. The maximum Gasteiger partial charge on any atom is 0.280 e. The Kier molecular flexibility index (Phi) is 6.06. The first-order valence-electron chi connectivity index (χ1n) is 9.50. The van der Waals surface area contributed by atoms with E-state index in [1.165, 1.54) is 0 Å². The fourth-order valence-electron chi connectivity index (χ4n) is 2.86. The summed E-state index contributed by atoms with van der Waals surface area (Å²) < 4.78 is 0. The van der Waals surface area contributed by atoms with Crippen molar-refractivity contribution >= 4 is 28.7 Å². The second-order valence-corrected chi connectivity index (χ2v) is 6.72. The highest BCUT2D eigenvalue weighted by Crippen LogP contribution is 2.24. The molecule has 2 heterocycles. The number of fused-ring (bicyclic) bond motifs is 1. The van der Waals surface area contributed by atoms with Crippen LogP contribution in [0.2, 0.25) is 0 Å². The fraction of sp³-hybridized carbons (Fsp3) is 0.350. The number of carbonyl (C=O) groups excluding carboxylic acids is 1. The molecule has 3 aromatic rings. The Morgan fingerprint density at radius 1 is 1.24 bits per heavy atom. The Morgan fingerprint density at radius 2 is 1.97 bits per heavy atom. The number of nitrogens with one attached hydrogen (secondary N) is 3. The molecule has 3 rings (SSSR count). The third kappa shape index (κ3) is 4.34. The van der Waals surface area contributed by atoms with Gasteiger partial charge in [0.05, 0.1) is 17.9 Å². The number of hydrogen-bond donors (Lipinski definition) is 3. The summed E-state index contributed by atoms with van der Waals surface area (Å²) >= 11 is 0. The Hall–Kier alpha value is -3.49. The molecule has 29 heavy (non-hydrogen) atoms. The number of aromatic nitrogens is 4.